The molecule has 1 unspecified atom stereocenters. The van der Waals surface area contributed by atoms with Crippen molar-refractivity contribution < 1.29 is 9.90 Å². The minimum Gasteiger partial charge on any atom is -0.481 e. The summed E-state index contributed by atoms with van der Waals surface area (Å²) in [7, 11) is 0. The standard InChI is InChI=1S/C8H12O2/c1-6-3-4-8(2,5-6)7(9)10/h1,3-5H2,2H3,(H,9,10). The largest absolute Gasteiger partial charge is 0.481 e. The summed E-state index contributed by atoms with van der Waals surface area (Å²) < 4.78 is 0. The molecule has 0 amide bonds. The monoisotopic (exact) mass is 140 g/mol. The van der Waals surface area contributed by atoms with Crippen LogP contribution in [0.1, 0.15) is 26.2 Å². The van der Waals surface area contributed by atoms with Gasteiger partial charge in [-0.1, -0.05) is 12.2 Å². The topological polar surface area (TPSA) is 37.3 Å². The zero-order chi connectivity index (χ0) is 7.78. The molecule has 0 heterocycles. The maximum absolute atomic E-state index is 10.6. The van der Waals surface area contributed by atoms with Crippen molar-refractivity contribution in [3.8, 4) is 0 Å². The van der Waals surface area contributed by atoms with Crippen LogP contribution in [0, 0.1) is 5.41 Å². The predicted molar refractivity (Wildman–Crippen MR) is 38.7 cm³/mol. The first kappa shape index (κ1) is 7.32. The molecule has 1 saturated carbocycles. The summed E-state index contributed by atoms with van der Waals surface area (Å²) in [6.45, 7) is 5.55. The molecule has 1 aliphatic rings. The summed E-state index contributed by atoms with van der Waals surface area (Å²) >= 11 is 0. The lowest BCUT2D eigenvalue weighted by molar-refractivity contribution is -0.147. The molecule has 0 saturated heterocycles. The van der Waals surface area contributed by atoms with Gasteiger partial charge in [0.1, 0.15) is 0 Å². The van der Waals surface area contributed by atoms with Crippen LogP contribution in [0.3, 0.4) is 0 Å². The fourth-order valence-corrected chi connectivity index (χ4v) is 1.36. The zero-order valence-electron chi connectivity index (χ0n) is 6.18. The van der Waals surface area contributed by atoms with Gasteiger partial charge < -0.3 is 5.11 Å². The highest BCUT2D eigenvalue weighted by atomic mass is 16.4. The molecule has 2 nitrogen and oxygen atoms in total. The summed E-state index contributed by atoms with van der Waals surface area (Å²) in [4.78, 5) is 10.6. The lowest BCUT2D eigenvalue weighted by Crippen LogP contribution is -2.23. The first-order valence-corrected chi connectivity index (χ1v) is 3.45. The molecule has 1 atom stereocenters. The molecule has 0 aromatic carbocycles. The Kier molecular flexibility index (Phi) is 1.55. The van der Waals surface area contributed by atoms with Crippen molar-refractivity contribution in [3.63, 3.8) is 0 Å². The van der Waals surface area contributed by atoms with Gasteiger partial charge in [-0.3, -0.25) is 4.79 Å². The van der Waals surface area contributed by atoms with Gasteiger partial charge in [0, 0.05) is 0 Å². The molecule has 0 aromatic rings. The van der Waals surface area contributed by atoms with Gasteiger partial charge in [0.15, 0.2) is 0 Å². The number of hydrogen-bond donors (Lipinski definition) is 1. The highest BCUT2D eigenvalue weighted by Crippen LogP contribution is 2.40. The van der Waals surface area contributed by atoms with Crippen LogP contribution >= 0.6 is 0 Å². The van der Waals surface area contributed by atoms with E-state index in [0.29, 0.717) is 6.42 Å². The van der Waals surface area contributed by atoms with E-state index < -0.39 is 11.4 Å². The molecule has 0 aromatic heterocycles. The van der Waals surface area contributed by atoms with Gasteiger partial charge in [0.2, 0.25) is 0 Å². The van der Waals surface area contributed by atoms with Gasteiger partial charge in [-0.05, 0) is 26.2 Å². The predicted octanol–water partition coefficient (Wildman–Crippen LogP) is 1.82. The summed E-state index contributed by atoms with van der Waals surface area (Å²) in [6, 6.07) is 0. The fraction of sp³-hybridized carbons (Fsp3) is 0.625. The minimum absolute atomic E-state index is 0.517. The van der Waals surface area contributed by atoms with Crippen molar-refractivity contribution >= 4 is 5.97 Å². The number of carboxylic acid groups (broad SMARTS) is 1. The van der Waals surface area contributed by atoms with Crippen molar-refractivity contribution in [2.45, 2.75) is 26.2 Å². The van der Waals surface area contributed by atoms with Crippen LogP contribution in [0.25, 0.3) is 0 Å². The maximum atomic E-state index is 10.6. The molecule has 1 rings (SSSR count). The maximum Gasteiger partial charge on any atom is 0.309 e. The molecular weight excluding hydrogens is 128 g/mol. The normalized spacial score (nSPS) is 32.7. The summed E-state index contributed by atoms with van der Waals surface area (Å²) in [6.07, 6.45) is 2.28. The SMILES string of the molecule is C=C1CCC(C)(C(=O)O)C1. The van der Waals surface area contributed by atoms with Crippen LogP contribution in [0.2, 0.25) is 0 Å². The second-order valence-electron chi connectivity index (χ2n) is 3.29. The lowest BCUT2D eigenvalue weighted by atomic mass is 9.89. The quantitative estimate of drug-likeness (QED) is 0.564. The van der Waals surface area contributed by atoms with E-state index in [1.807, 2.05) is 0 Å². The van der Waals surface area contributed by atoms with Gasteiger partial charge in [0.25, 0.3) is 0 Å². The smallest absolute Gasteiger partial charge is 0.309 e. The third-order valence-corrected chi connectivity index (χ3v) is 2.19. The third kappa shape index (κ3) is 1.06. The summed E-state index contributed by atoms with van der Waals surface area (Å²) in [5, 5.41) is 8.75. The van der Waals surface area contributed by atoms with Crippen molar-refractivity contribution in [3.05, 3.63) is 12.2 Å². The highest BCUT2D eigenvalue weighted by molar-refractivity contribution is 5.75. The van der Waals surface area contributed by atoms with E-state index in [0.717, 1.165) is 18.4 Å². The average Bonchev–Trinajstić information content (AvgIpc) is 2.13. The first-order valence-electron chi connectivity index (χ1n) is 3.45. The Balaban J connectivity index is 2.72. The molecule has 10 heavy (non-hydrogen) atoms. The first-order chi connectivity index (χ1) is 4.54. The van der Waals surface area contributed by atoms with Crippen LogP contribution in [0.5, 0.6) is 0 Å². The summed E-state index contributed by atoms with van der Waals surface area (Å²) in [5.74, 6) is -0.689. The second kappa shape index (κ2) is 2.11. The van der Waals surface area contributed by atoms with Crippen molar-refractivity contribution in [2.75, 3.05) is 0 Å². The fourth-order valence-electron chi connectivity index (χ4n) is 1.36. The molecule has 1 aliphatic carbocycles. The molecule has 1 N–H and O–H groups in total. The lowest BCUT2D eigenvalue weighted by Gasteiger charge is -2.15. The van der Waals surface area contributed by atoms with Crippen molar-refractivity contribution in [1.29, 1.82) is 0 Å². The van der Waals surface area contributed by atoms with Gasteiger partial charge in [-0.15, -0.1) is 0 Å². The van der Waals surface area contributed by atoms with Crippen LogP contribution in [0.4, 0.5) is 0 Å². The van der Waals surface area contributed by atoms with E-state index >= 15 is 0 Å². The highest BCUT2D eigenvalue weighted by Gasteiger charge is 2.37. The van der Waals surface area contributed by atoms with E-state index in [9.17, 15) is 4.79 Å². The number of hydrogen-bond acceptors (Lipinski definition) is 1. The second-order valence-corrected chi connectivity index (χ2v) is 3.29. The molecule has 1 fully saturated rings. The molecule has 0 aliphatic heterocycles. The number of carboxylic acids is 1. The Morgan fingerprint density at radius 3 is 2.60 bits per heavy atom. The van der Waals surface area contributed by atoms with E-state index in [-0.39, 0.29) is 0 Å². The van der Waals surface area contributed by atoms with Gasteiger partial charge in [-0.2, -0.15) is 0 Å². The van der Waals surface area contributed by atoms with Gasteiger partial charge in [-0.25, -0.2) is 0 Å². The number of allylic oxidation sites excluding steroid dienone is 1. The Bertz CT molecular complexity index is 184. The average molecular weight is 140 g/mol. The van der Waals surface area contributed by atoms with E-state index in [1.165, 1.54) is 0 Å². The Hall–Kier alpha value is -0.790. The molecular formula is C8H12O2. The summed E-state index contributed by atoms with van der Waals surface area (Å²) in [5.41, 5.74) is 0.557. The van der Waals surface area contributed by atoms with Crippen molar-refractivity contribution in [2.24, 2.45) is 5.41 Å². The van der Waals surface area contributed by atoms with Crippen molar-refractivity contribution in [1.82, 2.24) is 0 Å². The Labute approximate surface area is 60.6 Å². The van der Waals surface area contributed by atoms with Crippen LogP contribution in [0.15, 0.2) is 12.2 Å². The van der Waals surface area contributed by atoms with Crippen LogP contribution in [-0.4, -0.2) is 11.1 Å². The van der Waals surface area contributed by atoms with Gasteiger partial charge >= 0.3 is 5.97 Å². The van der Waals surface area contributed by atoms with E-state index in [1.54, 1.807) is 6.92 Å². The van der Waals surface area contributed by atoms with Crippen LogP contribution in [-0.2, 0) is 4.79 Å². The Morgan fingerprint density at radius 1 is 1.80 bits per heavy atom. The number of aliphatic carboxylic acids is 1. The molecule has 56 valence electrons. The molecule has 0 bridgehead atoms. The Morgan fingerprint density at radius 2 is 2.40 bits per heavy atom. The van der Waals surface area contributed by atoms with E-state index in [2.05, 4.69) is 6.58 Å². The number of rotatable bonds is 1. The number of carbonyl (C=O) groups is 1. The molecule has 2 heteroatoms. The minimum atomic E-state index is -0.689. The van der Waals surface area contributed by atoms with E-state index in [4.69, 9.17) is 5.11 Å². The molecule has 0 radical (unpaired) electrons. The molecule has 0 spiro atoms. The zero-order valence-corrected chi connectivity index (χ0v) is 6.18. The van der Waals surface area contributed by atoms with Gasteiger partial charge in [0.05, 0.1) is 5.41 Å². The van der Waals surface area contributed by atoms with Crippen LogP contribution < -0.4 is 0 Å². The third-order valence-electron chi connectivity index (χ3n) is 2.19.